The van der Waals surface area contributed by atoms with Gasteiger partial charge in [0.25, 0.3) is 0 Å². The Kier molecular flexibility index (Phi) is 8.88. The summed E-state index contributed by atoms with van der Waals surface area (Å²) in [5.74, 6) is 4.01. The summed E-state index contributed by atoms with van der Waals surface area (Å²) in [7, 11) is 0. The molecule has 1 aromatic heterocycles. The van der Waals surface area contributed by atoms with E-state index in [1.54, 1.807) is 0 Å². The van der Waals surface area contributed by atoms with Gasteiger partial charge in [-0.25, -0.2) is 9.98 Å². The predicted molar refractivity (Wildman–Crippen MR) is 122 cm³/mol. The fourth-order valence-electron chi connectivity index (χ4n) is 2.96. The standard InChI is InChI=1S/C20H29N5O2.HI/c1-4-21-20(24-12-19-22-9-10-25(19)13-15(2)3)23-8-7-16-5-6-17-18(11-16)27-14-26-17;/h5-6,9-11,15H,4,7-8,12-14H2,1-3H3,(H2,21,23,24);1H. The predicted octanol–water partition coefficient (Wildman–Crippen LogP) is 3.18. The van der Waals surface area contributed by atoms with E-state index in [1.807, 2.05) is 24.5 Å². The largest absolute Gasteiger partial charge is 0.454 e. The topological polar surface area (TPSA) is 72.7 Å². The second-order valence-corrected chi connectivity index (χ2v) is 6.95. The van der Waals surface area contributed by atoms with Crippen LogP contribution in [0.25, 0.3) is 0 Å². The Balaban J connectivity index is 0.00000280. The van der Waals surface area contributed by atoms with Crippen molar-refractivity contribution in [3.05, 3.63) is 42.0 Å². The van der Waals surface area contributed by atoms with E-state index in [9.17, 15) is 0 Å². The number of hydrogen-bond donors (Lipinski definition) is 2. The number of imidazole rings is 1. The molecule has 0 saturated carbocycles. The highest BCUT2D eigenvalue weighted by molar-refractivity contribution is 14.0. The van der Waals surface area contributed by atoms with E-state index < -0.39 is 0 Å². The van der Waals surface area contributed by atoms with Crippen LogP contribution in [-0.4, -0.2) is 35.4 Å². The molecule has 3 rings (SSSR count). The van der Waals surface area contributed by atoms with Crippen molar-refractivity contribution in [2.75, 3.05) is 19.9 Å². The molecule has 2 N–H and O–H groups in total. The molecule has 28 heavy (non-hydrogen) atoms. The van der Waals surface area contributed by atoms with Crippen LogP contribution in [0.2, 0.25) is 0 Å². The quantitative estimate of drug-likeness (QED) is 0.332. The lowest BCUT2D eigenvalue weighted by Crippen LogP contribution is -2.38. The number of halogens is 1. The van der Waals surface area contributed by atoms with Crippen molar-refractivity contribution in [2.24, 2.45) is 10.9 Å². The first-order valence-corrected chi connectivity index (χ1v) is 9.56. The van der Waals surface area contributed by atoms with Gasteiger partial charge >= 0.3 is 0 Å². The molecule has 0 atom stereocenters. The zero-order chi connectivity index (χ0) is 19.1. The second-order valence-electron chi connectivity index (χ2n) is 6.95. The number of aromatic nitrogens is 2. The molecule has 154 valence electrons. The number of ether oxygens (including phenoxy) is 2. The minimum atomic E-state index is 0. The van der Waals surface area contributed by atoms with Crippen molar-refractivity contribution >= 4 is 29.9 Å². The molecule has 1 aliphatic rings. The third-order valence-electron chi connectivity index (χ3n) is 4.23. The van der Waals surface area contributed by atoms with Crippen LogP contribution in [0, 0.1) is 5.92 Å². The van der Waals surface area contributed by atoms with Gasteiger partial charge in [-0.1, -0.05) is 19.9 Å². The van der Waals surface area contributed by atoms with Crippen molar-refractivity contribution < 1.29 is 9.47 Å². The van der Waals surface area contributed by atoms with Crippen LogP contribution in [0.5, 0.6) is 11.5 Å². The Bertz CT molecular complexity index is 776. The van der Waals surface area contributed by atoms with E-state index in [4.69, 9.17) is 9.47 Å². The molecule has 1 aromatic carbocycles. The average Bonchev–Trinajstić information content (AvgIpc) is 3.28. The Morgan fingerprint density at radius 2 is 2.07 bits per heavy atom. The van der Waals surface area contributed by atoms with Gasteiger partial charge in [0.2, 0.25) is 6.79 Å². The smallest absolute Gasteiger partial charge is 0.231 e. The lowest BCUT2D eigenvalue weighted by atomic mass is 10.1. The summed E-state index contributed by atoms with van der Waals surface area (Å²) in [6.45, 7) is 9.89. The normalized spacial score (nSPS) is 12.8. The van der Waals surface area contributed by atoms with Gasteiger partial charge in [-0.3, -0.25) is 0 Å². The van der Waals surface area contributed by atoms with Crippen LogP contribution in [0.15, 0.2) is 35.6 Å². The number of benzene rings is 1. The molecule has 0 radical (unpaired) electrons. The second kappa shape index (κ2) is 11.1. The molecule has 0 aliphatic carbocycles. The molecule has 8 heteroatoms. The summed E-state index contributed by atoms with van der Waals surface area (Å²) < 4.78 is 13.0. The van der Waals surface area contributed by atoms with E-state index in [2.05, 4.69) is 52.0 Å². The molecular formula is C20H30IN5O2. The molecule has 0 bridgehead atoms. The van der Waals surface area contributed by atoms with Crippen LogP contribution in [0.3, 0.4) is 0 Å². The van der Waals surface area contributed by atoms with Gasteiger partial charge in [-0.2, -0.15) is 0 Å². The fourth-order valence-corrected chi connectivity index (χ4v) is 2.96. The summed E-state index contributed by atoms with van der Waals surface area (Å²) in [5, 5.41) is 6.68. The lowest BCUT2D eigenvalue weighted by Gasteiger charge is -2.12. The van der Waals surface area contributed by atoms with Crippen molar-refractivity contribution in [2.45, 2.75) is 40.3 Å². The lowest BCUT2D eigenvalue weighted by molar-refractivity contribution is 0.174. The number of hydrogen-bond acceptors (Lipinski definition) is 4. The number of nitrogens with zero attached hydrogens (tertiary/aromatic N) is 3. The van der Waals surface area contributed by atoms with E-state index in [1.165, 1.54) is 5.56 Å². The van der Waals surface area contributed by atoms with Crippen LogP contribution in [0.4, 0.5) is 0 Å². The first-order chi connectivity index (χ1) is 13.2. The molecule has 2 aromatic rings. The molecule has 7 nitrogen and oxygen atoms in total. The minimum absolute atomic E-state index is 0. The molecule has 1 aliphatic heterocycles. The van der Waals surface area contributed by atoms with Crippen molar-refractivity contribution in [3.8, 4) is 11.5 Å². The van der Waals surface area contributed by atoms with E-state index >= 15 is 0 Å². The summed E-state index contributed by atoms with van der Waals surface area (Å²) >= 11 is 0. The van der Waals surface area contributed by atoms with Crippen molar-refractivity contribution in [1.82, 2.24) is 20.2 Å². The van der Waals surface area contributed by atoms with E-state index in [0.717, 1.165) is 49.3 Å². The number of rotatable bonds is 8. The minimum Gasteiger partial charge on any atom is -0.454 e. The monoisotopic (exact) mass is 499 g/mol. The van der Waals surface area contributed by atoms with Gasteiger partial charge in [0.05, 0.1) is 0 Å². The van der Waals surface area contributed by atoms with Crippen LogP contribution >= 0.6 is 24.0 Å². The van der Waals surface area contributed by atoms with Gasteiger partial charge in [0.15, 0.2) is 17.5 Å². The van der Waals surface area contributed by atoms with Crippen molar-refractivity contribution in [3.63, 3.8) is 0 Å². The highest BCUT2D eigenvalue weighted by Gasteiger charge is 2.13. The zero-order valence-corrected chi connectivity index (χ0v) is 19.1. The molecule has 0 unspecified atom stereocenters. The Hall–Kier alpha value is -1.97. The molecule has 2 heterocycles. The molecule has 0 amide bonds. The maximum absolute atomic E-state index is 5.44. The number of nitrogens with one attached hydrogen (secondary N) is 2. The SMILES string of the molecule is CCNC(=NCc1nccn1CC(C)C)NCCc1ccc2c(c1)OCO2.I. The Morgan fingerprint density at radius 1 is 1.25 bits per heavy atom. The third kappa shape index (κ3) is 6.29. The highest BCUT2D eigenvalue weighted by atomic mass is 127. The van der Waals surface area contributed by atoms with E-state index in [-0.39, 0.29) is 24.0 Å². The number of aliphatic imine (C=N–C) groups is 1. The molecular weight excluding hydrogens is 469 g/mol. The van der Waals surface area contributed by atoms with Gasteiger partial charge in [-0.05, 0) is 37.0 Å². The molecule has 0 saturated heterocycles. The fraction of sp³-hybridized carbons (Fsp3) is 0.500. The molecule has 0 fully saturated rings. The van der Waals surface area contributed by atoms with Crippen LogP contribution in [0.1, 0.15) is 32.2 Å². The average molecular weight is 499 g/mol. The third-order valence-corrected chi connectivity index (χ3v) is 4.23. The van der Waals surface area contributed by atoms with Crippen molar-refractivity contribution in [1.29, 1.82) is 0 Å². The maximum Gasteiger partial charge on any atom is 0.231 e. The summed E-state index contributed by atoms with van der Waals surface area (Å²) in [5.41, 5.74) is 1.20. The van der Waals surface area contributed by atoms with Crippen LogP contribution < -0.4 is 20.1 Å². The zero-order valence-electron chi connectivity index (χ0n) is 16.8. The van der Waals surface area contributed by atoms with E-state index in [0.29, 0.717) is 19.3 Å². The summed E-state index contributed by atoms with van der Waals surface area (Å²) in [6, 6.07) is 6.07. The van der Waals surface area contributed by atoms with Gasteiger partial charge in [0.1, 0.15) is 12.4 Å². The highest BCUT2D eigenvalue weighted by Crippen LogP contribution is 2.32. The number of guanidine groups is 1. The summed E-state index contributed by atoms with van der Waals surface area (Å²) in [4.78, 5) is 9.12. The Labute approximate surface area is 184 Å². The van der Waals surface area contributed by atoms with Gasteiger partial charge < -0.3 is 24.7 Å². The number of fused-ring (bicyclic) bond motifs is 1. The first kappa shape index (κ1) is 22.3. The maximum atomic E-state index is 5.44. The van der Waals surface area contributed by atoms with Crippen LogP contribution in [-0.2, 0) is 19.5 Å². The van der Waals surface area contributed by atoms with Gasteiger partial charge in [-0.15, -0.1) is 24.0 Å². The summed E-state index contributed by atoms with van der Waals surface area (Å²) in [6.07, 6.45) is 4.74. The van der Waals surface area contributed by atoms with Gasteiger partial charge in [0, 0.05) is 32.0 Å². The first-order valence-electron chi connectivity index (χ1n) is 9.56. The molecule has 0 spiro atoms. The Morgan fingerprint density at radius 3 is 2.86 bits per heavy atom.